The van der Waals surface area contributed by atoms with Gasteiger partial charge in [-0.15, -0.1) is 24.0 Å². The van der Waals surface area contributed by atoms with E-state index < -0.39 is 0 Å². The fraction of sp³-hybridized carbons (Fsp3) is 0.556. The molecule has 27 heavy (non-hydrogen) atoms. The summed E-state index contributed by atoms with van der Waals surface area (Å²) in [7, 11) is 3.75. The predicted molar refractivity (Wildman–Crippen MR) is 118 cm³/mol. The molecule has 1 amide bonds. The second-order valence-corrected chi connectivity index (χ2v) is 5.83. The third-order valence-electron chi connectivity index (χ3n) is 3.53. The number of hydrogen-bond donors (Lipinski definition) is 3. The maximum atomic E-state index is 12.9. The Morgan fingerprint density at radius 3 is 2.56 bits per heavy atom. The van der Waals surface area contributed by atoms with Crippen LogP contribution in [0.25, 0.3) is 0 Å². The van der Waals surface area contributed by atoms with E-state index in [1.54, 1.807) is 7.11 Å². The number of likely N-dealkylation sites (N-methyl/N-ethyl adjacent to an activating group) is 1. The molecule has 1 aromatic carbocycles. The maximum absolute atomic E-state index is 12.9. The summed E-state index contributed by atoms with van der Waals surface area (Å²) in [5, 5.41) is 8.99. The molecule has 0 aliphatic carbocycles. The lowest BCUT2D eigenvalue weighted by molar-refractivity contribution is -0.114. The number of rotatable bonds is 11. The third kappa shape index (κ3) is 12.5. The summed E-state index contributed by atoms with van der Waals surface area (Å²) in [6, 6.07) is 5.63. The zero-order valence-corrected chi connectivity index (χ0v) is 18.6. The lowest BCUT2D eigenvalue weighted by atomic mass is 10.3. The van der Waals surface area contributed by atoms with Crippen molar-refractivity contribution >= 4 is 41.5 Å². The number of methoxy groups -OCH3 is 1. The number of aliphatic imine (C=N–C) groups is 1. The van der Waals surface area contributed by atoms with E-state index in [2.05, 4.69) is 32.9 Å². The molecule has 0 aliphatic heterocycles. The number of anilines is 1. The number of nitrogens with zero attached hydrogens (tertiary/aromatic N) is 2. The number of ether oxygens (including phenoxy) is 1. The van der Waals surface area contributed by atoms with Crippen molar-refractivity contribution in [3.63, 3.8) is 0 Å². The van der Waals surface area contributed by atoms with Crippen LogP contribution in [0.5, 0.6) is 0 Å². The van der Waals surface area contributed by atoms with Gasteiger partial charge in [-0.2, -0.15) is 0 Å². The fourth-order valence-corrected chi connectivity index (χ4v) is 2.18. The molecule has 154 valence electrons. The van der Waals surface area contributed by atoms with Gasteiger partial charge in [0.05, 0.1) is 0 Å². The first kappa shape index (κ1) is 25.5. The summed E-state index contributed by atoms with van der Waals surface area (Å²) in [4.78, 5) is 18.4. The van der Waals surface area contributed by atoms with Gasteiger partial charge in [0.2, 0.25) is 5.91 Å². The highest BCUT2D eigenvalue weighted by Gasteiger charge is 2.04. The lowest BCUT2D eigenvalue weighted by Gasteiger charge is -2.18. The average molecular weight is 495 g/mol. The Kier molecular flexibility index (Phi) is 14.7. The zero-order chi connectivity index (χ0) is 19.2. The number of guanidine groups is 1. The summed E-state index contributed by atoms with van der Waals surface area (Å²) in [6.07, 6.45) is 0.991. The van der Waals surface area contributed by atoms with Crippen LogP contribution in [-0.4, -0.2) is 70.3 Å². The van der Waals surface area contributed by atoms with Crippen molar-refractivity contribution in [1.29, 1.82) is 0 Å². The molecular weight excluding hydrogens is 464 g/mol. The molecule has 0 atom stereocenters. The molecule has 0 aliphatic rings. The van der Waals surface area contributed by atoms with Crippen LogP contribution < -0.4 is 16.0 Å². The van der Waals surface area contributed by atoms with E-state index in [9.17, 15) is 9.18 Å². The molecule has 0 fully saturated rings. The molecule has 1 rings (SSSR count). The molecule has 0 aromatic heterocycles. The van der Waals surface area contributed by atoms with Gasteiger partial charge >= 0.3 is 0 Å². The number of carbonyl (C=O) groups is 1. The number of nitrogens with one attached hydrogen (secondary N) is 3. The minimum atomic E-state index is -0.341. The normalized spacial score (nSPS) is 11.1. The second-order valence-electron chi connectivity index (χ2n) is 5.83. The third-order valence-corrected chi connectivity index (χ3v) is 3.53. The highest BCUT2D eigenvalue weighted by atomic mass is 127. The van der Waals surface area contributed by atoms with Crippen molar-refractivity contribution in [3.8, 4) is 0 Å². The summed E-state index contributed by atoms with van der Waals surface area (Å²) < 4.78 is 17.9. The van der Waals surface area contributed by atoms with E-state index in [-0.39, 0.29) is 42.2 Å². The first-order chi connectivity index (χ1) is 12.5. The molecule has 0 spiro atoms. The molecule has 9 heteroatoms. The van der Waals surface area contributed by atoms with E-state index in [1.807, 2.05) is 6.92 Å². The monoisotopic (exact) mass is 495 g/mol. The topological polar surface area (TPSA) is 78.0 Å². The summed E-state index contributed by atoms with van der Waals surface area (Å²) in [5.74, 6) is -0.00983. The maximum Gasteiger partial charge on any atom is 0.246 e. The molecule has 0 unspecified atom stereocenters. The number of hydrogen-bond acceptors (Lipinski definition) is 4. The Morgan fingerprint density at radius 1 is 1.22 bits per heavy atom. The number of amides is 1. The van der Waals surface area contributed by atoms with Crippen molar-refractivity contribution in [3.05, 3.63) is 30.1 Å². The standard InChI is InChI=1S/C18H30FN5O2.HI/c1-4-20-18(21-10-12-24(2)11-5-13-26-3)22-14-17(25)23-16-8-6-15(19)7-9-16;/h6-9H,4-5,10-14H2,1-3H3,(H,23,25)(H2,20,21,22);1H. The second kappa shape index (κ2) is 15.6. The Hall–Kier alpha value is -1.46. The Morgan fingerprint density at radius 2 is 1.93 bits per heavy atom. The molecule has 0 radical (unpaired) electrons. The summed E-state index contributed by atoms with van der Waals surface area (Å²) in [5.41, 5.74) is 0.544. The first-order valence-corrected chi connectivity index (χ1v) is 8.80. The summed E-state index contributed by atoms with van der Waals surface area (Å²) in [6.45, 7) is 5.94. The molecule has 3 N–H and O–H groups in total. The van der Waals surface area contributed by atoms with Gasteiger partial charge in [0.25, 0.3) is 0 Å². The molecule has 0 saturated heterocycles. The van der Waals surface area contributed by atoms with Gasteiger partial charge in [0.1, 0.15) is 12.4 Å². The van der Waals surface area contributed by atoms with Crippen molar-refractivity contribution in [2.24, 2.45) is 4.99 Å². The number of benzene rings is 1. The van der Waals surface area contributed by atoms with Crippen LogP contribution in [0.4, 0.5) is 10.1 Å². The smallest absolute Gasteiger partial charge is 0.246 e. The van der Waals surface area contributed by atoms with Crippen LogP contribution in [0.3, 0.4) is 0 Å². The van der Waals surface area contributed by atoms with Gasteiger partial charge in [-0.1, -0.05) is 0 Å². The molecule has 0 heterocycles. The van der Waals surface area contributed by atoms with E-state index in [0.29, 0.717) is 18.2 Å². The van der Waals surface area contributed by atoms with Gasteiger partial charge in [-0.3, -0.25) is 4.79 Å². The van der Waals surface area contributed by atoms with Crippen LogP contribution in [-0.2, 0) is 9.53 Å². The van der Waals surface area contributed by atoms with Crippen LogP contribution in [0.1, 0.15) is 13.3 Å². The van der Waals surface area contributed by atoms with E-state index in [1.165, 1.54) is 24.3 Å². The Bertz CT molecular complexity index is 557. The van der Waals surface area contributed by atoms with Crippen LogP contribution in [0.2, 0.25) is 0 Å². The lowest BCUT2D eigenvalue weighted by Crippen LogP contribution is -2.41. The number of carbonyl (C=O) groups excluding carboxylic acids is 1. The molecule has 0 saturated carbocycles. The van der Waals surface area contributed by atoms with E-state index in [4.69, 9.17) is 4.74 Å². The van der Waals surface area contributed by atoms with Crippen LogP contribution in [0.15, 0.2) is 29.3 Å². The van der Waals surface area contributed by atoms with Gasteiger partial charge < -0.3 is 25.6 Å². The number of halogens is 2. The molecule has 1 aromatic rings. The fourth-order valence-electron chi connectivity index (χ4n) is 2.18. The largest absolute Gasteiger partial charge is 0.385 e. The van der Waals surface area contributed by atoms with E-state index in [0.717, 1.165) is 32.7 Å². The van der Waals surface area contributed by atoms with Crippen LogP contribution in [0, 0.1) is 5.82 Å². The van der Waals surface area contributed by atoms with Crippen molar-refractivity contribution in [2.45, 2.75) is 13.3 Å². The summed E-state index contributed by atoms with van der Waals surface area (Å²) >= 11 is 0. The average Bonchev–Trinajstić information content (AvgIpc) is 2.62. The Balaban J connectivity index is 0.00000676. The van der Waals surface area contributed by atoms with Crippen molar-refractivity contribution in [1.82, 2.24) is 15.5 Å². The first-order valence-electron chi connectivity index (χ1n) is 8.80. The molecule has 0 bridgehead atoms. The predicted octanol–water partition coefficient (Wildman–Crippen LogP) is 1.91. The van der Waals surface area contributed by atoms with Crippen molar-refractivity contribution in [2.75, 3.05) is 58.8 Å². The van der Waals surface area contributed by atoms with E-state index >= 15 is 0 Å². The van der Waals surface area contributed by atoms with Crippen LogP contribution >= 0.6 is 24.0 Å². The van der Waals surface area contributed by atoms with Crippen molar-refractivity contribution < 1.29 is 13.9 Å². The minimum Gasteiger partial charge on any atom is -0.385 e. The minimum absolute atomic E-state index is 0. The van der Waals surface area contributed by atoms with Gasteiger partial charge in [-0.05, 0) is 44.7 Å². The highest BCUT2D eigenvalue weighted by molar-refractivity contribution is 14.0. The molecular formula is C18H31FIN5O2. The SMILES string of the molecule is CCNC(=NCC(=O)Nc1ccc(F)cc1)NCCN(C)CCCOC.I. The molecule has 7 nitrogen and oxygen atoms in total. The highest BCUT2D eigenvalue weighted by Crippen LogP contribution is 2.07. The van der Waals surface area contributed by atoms with Gasteiger partial charge in [-0.25, -0.2) is 9.38 Å². The quantitative estimate of drug-likeness (QED) is 0.189. The zero-order valence-electron chi connectivity index (χ0n) is 16.3. The van der Waals surface area contributed by atoms with Gasteiger partial charge in [0, 0.05) is 45.6 Å². The Labute approximate surface area is 178 Å². The van der Waals surface area contributed by atoms with Gasteiger partial charge in [0.15, 0.2) is 5.96 Å².